The fraction of sp³-hybridized carbons (Fsp3) is 0.136. The van der Waals surface area contributed by atoms with Crippen LogP contribution in [0.15, 0.2) is 66.0 Å². The molecule has 0 saturated carbocycles. The molecule has 32 heavy (non-hydrogen) atoms. The van der Waals surface area contributed by atoms with Crippen LogP contribution in [0.4, 0.5) is 11.4 Å². The van der Waals surface area contributed by atoms with Gasteiger partial charge in [-0.15, -0.1) is 16.4 Å². The third-order valence-electron chi connectivity index (χ3n) is 4.34. The number of nitro benzene ring substituents is 1. The highest BCUT2D eigenvalue weighted by atomic mass is 32.1. The predicted molar refractivity (Wildman–Crippen MR) is 121 cm³/mol. The maximum absolute atomic E-state index is 12.6. The van der Waals surface area contributed by atoms with E-state index in [1.54, 1.807) is 22.9 Å². The number of hydrogen-bond donors (Lipinski definition) is 1. The Bertz CT molecular complexity index is 1270. The van der Waals surface area contributed by atoms with Crippen LogP contribution in [0.3, 0.4) is 0 Å². The Balaban J connectivity index is 1.65. The number of thiophene rings is 1. The molecule has 2 aromatic carbocycles. The normalized spacial score (nSPS) is 10.8. The molecule has 10 heteroatoms. The van der Waals surface area contributed by atoms with Gasteiger partial charge in [0.15, 0.2) is 5.82 Å². The molecule has 0 atom stereocenters. The van der Waals surface area contributed by atoms with Crippen LogP contribution in [0, 0.1) is 10.1 Å². The molecule has 2 aromatic heterocycles. The van der Waals surface area contributed by atoms with Gasteiger partial charge in [0.05, 0.1) is 21.6 Å². The minimum absolute atomic E-state index is 0.0809. The molecule has 0 bridgehead atoms. The lowest BCUT2D eigenvalue weighted by Gasteiger charge is -2.09. The zero-order valence-corrected chi connectivity index (χ0v) is 18.1. The molecule has 0 fully saturated rings. The summed E-state index contributed by atoms with van der Waals surface area (Å²) in [6, 6.07) is 16.8. The van der Waals surface area contributed by atoms with Gasteiger partial charge in [-0.05, 0) is 49.6 Å². The van der Waals surface area contributed by atoms with Gasteiger partial charge < -0.3 is 10.1 Å². The van der Waals surface area contributed by atoms with E-state index in [0.29, 0.717) is 17.2 Å². The highest BCUT2D eigenvalue weighted by Crippen LogP contribution is 2.28. The number of ether oxygens (including phenoxy) is 1. The van der Waals surface area contributed by atoms with Crippen molar-refractivity contribution in [2.24, 2.45) is 0 Å². The van der Waals surface area contributed by atoms with Crippen molar-refractivity contribution in [2.75, 3.05) is 5.32 Å². The molecular formula is C22H19N5O4S. The number of aromatic nitrogens is 3. The first-order valence-electron chi connectivity index (χ1n) is 9.74. The molecule has 9 nitrogen and oxygen atoms in total. The quantitative estimate of drug-likeness (QED) is 0.316. The second kappa shape index (κ2) is 8.98. The van der Waals surface area contributed by atoms with Gasteiger partial charge in [-0.1, -0.05) is 18.2 Å². The van der Waals surface area contributed by atoms with Crippen molar-refractivity contribution < 1.29 is 14.5 Å². The fourth-order valence-corrected chi connectivity index (χ4v) is 3.68. The minimum atomic E-state index is -0.537. The van der Waals surface area contributed by atoms with Crippen molar-refractivity contribution in [1.29, 1.82) is 0 Å². The zero-order valence-electron chi connectivity index (χ0n) is 17.3. The zero-order chi connectivity index (χ0) is 22.7. The van der Waals surface area contributed by atoms with E-state index in [1.807, 2.05) is 37.4 Å². The molecule has 0 aliphatic carbocycles. The summed E-state index contributed by atoms with van der Waals surface area (Å²) in [5, 5.41) is 20.2. The number of carbonyl (C=O) groups excluding carboxylic acids is 1. The van der Waals surface area contributed by atoms with Crippen molar-refractivity contribution >= 4 is 28.6 Å². The topological polar surface area (TPSA) is 112 Å². The van der Waals surface area contributed by atoms with Crippen LogP contribution in [0.25, 0.3) is 16.4 Å². The highest BCUT2D eigenvalue weighted by molar-refractivity contribution is 7.13. The Kier molecular flexibility index (Phi) is 5.95. The van der Waals surface area contributed by atoms with Crippen LogP contribution < -0.4 is 10.1 Å². The molecule has 0 radical (unpaired) electrons. The lowest BCUT2D eigenvalue weighted by Crippen LogP contribution is -2.12. The SMILES string of the molecule is CC(C)Oc1nc(-c2cccs2)n(-c2cccc(NC(=O)c3cccc([N+](=O)[O-])c3)c2)n1. The molecule has 0 spiro atoms. The van der Waals surface area contributed by atoms with E-state index in [2.05, 4.69) is 15.4 Å². The maximum Gasteiger partial charge on any atom is 0.336 e. The summed E-state index contributed by atoms with van der Waals surface area (Å²) >= 11 is 1.53. The summed E-state index contributed by atoms with van der Waals surface area (Å²) in [6.45, 7) is 3.80. The summed E-state index contributed by atoms with van der Waals surface area (Å²) in [4.78, 5) is 28.5. The van der Waals surface area contributed by atoms with E-state index in [-0.39, 0.29) is 23.4 Å². The van der Waals surface area contributed by atoms with Gasteiger partial charge in [0.25, 0.3) is 11.6 Å². The molecule has 0 unspecified atom stereocenters. The van der Waals surface area contributed by atoms with Crippen LogP contribution in [-0.4, -0.2) is 31.7 Å². The van der Waals surface area contributed by atoms with E-state index in [1.165, 1.54) is 35.6 Å². The number of benzene rings is 2. The number of nitrogens with one attached hydrogen (secondary N) is 1. The number of nitro groups is 1. The van der Waals surface area contributed by atoms with Gasteiger partial charge in [-0.2, -0.15) is 4.98 Å². The number of nitrogens with zero attached hydrogens (tertiary/aromatic N) is 4. The van der Waals surface area contributed by atoms with Crippen molar-refractivity contribution in [3.63, 3.8) is 0 Å². The molecule has 4 aromatic rings. The monoisotopic (exact) mass is 449 g/mol. The summed E-state index contributed by atoms with van der Waals surface area (Å²) in [7, 11) is 0. The first-order chi connectivity index (χ1) is 15.4. The number of non-ortho nitro benzene ring substituents is 1. The fourth-order valence-electron chi connectivity index (χ4n) is 2.98. The average molecular weight is 449 g/mol. The Morgan fingerprint density at radius 2 is 1.97 bits per heavy atom. The Labute approximate surface area is 187 Å². The van der Waals surface area contributed by atoms with Crippen molar-refractivity contribution in [2.45, 2.75) is 20.0 Å². The average Bonchev–Trinajstić information content (AvgIpc) is 3.43. The van der Waals surface area contributed by atoms with E-state index in [0.717, 1.165) is 4.88 Å². The molecule has 2 heterocycles. The standard InChI is InChI=1S/C22H19N5O4S/c1-14(2)31-22-24-20(19-10-5-11-32-19)26(25-22)17-8-4-7-16(13-17)23-21(28)15-6-3-9-18(12-15)27(29)30/h3-14H,1-2H3,(H,23,28). The van der Waals surface area contributed by atoms with Crippen molar-refractivity contribution in [1.82, 2.24) is 14.8 Å². The van der Waals surface area contributed by atoms with E-state index >= 15 is 0 Å². The minimum Gasteiger partial charge on any atom is -0.460 e. The van der Waals surface area contributed by atoms with Crippen LogP contribution >= 0.6 is 11.3 Å². The first kappa shape index (κ1) is 21.2. The van der Waals surface area contributed by atoms with E-state index in [9.17, 15) is 14.9 Å². The third kappa shape index (κ3) is 4.65. The second-order valence-corrected chi connectivity index (χ2v) is 8.03. The summed E-state index contributed by atoms with van der Waals surface area (Å²) < 4.78 is 7.33. The largest absolute Gasteiger partial charge is 0.460 e. The van der Waals surface area contributed by atoms with Gasteiger partial charge in [-0.25, -0.2) is 4.68 Å². The van der Waals surface area contributed by atoms with Gasteiger partial charge >= 0.3 is 6.01 Å². The lowest BCUT2D eigenvalue weighted by molar-refractivity contribution is -0.384. The van der Waals surface area contributed by atoms with Crippen LogP contribution in [-0.2, 0) is 0 Å². The molecule has 0 aliphatic heterocycles. The number of rotatable bonds is 7. The molecule has 0 saturated heterocycles. The summed E-state index contributed by atoms with van der Waals surface area (Å²) in [6.07, 6.45) is -0.0809. The highest BCUT2D eigenvalue weighted by Gasteiger charge is 2.17. The van der Waals surface area contributed by atoms with Crippen LogP contribution in [0.1, 0.15) is 24.2 Å². The van der Waals surface area contributed by atoms with Gasteiger partial charge in [-0.3, -0.25) is 14.9 Å². The van der Waals surface area contributed by atoms with Crippen LogP contribution in [0.5, 0.6) is 6.01 Å². The van der Waals surface area contributed by atoms with Gasteiger partial charge in [0.2, 0.25) is 0 Å². The molecule has 4 rings (SSSR count). The molecule has 0 aliphatic rings. The third-order valence-corrected chi connectivity index (χ3v) is 5.20. The van der Waals surface area contributed by atoms with Gasteiger partial charge in [0, 0.05) is 23.4 Å². The number of anilines is 1. The Morgan fingerprint density at radius 1 is 1.16 bits per heavy atom. The molecular weight excluding hydrogens is 430 g/mol. The first-order valence-corrected chi connectivity index (χ1v) is 10.6. The van der Waals surface area contributed by atoms with Gasteiger partial charge in [0.1, 0.15) is 0 Å². The van der Waals surface area contributed by atoms with E-state index < -0.39 is 10.8 Å². The van der Waals surface area contributed by atoms with Crippen molar-refractivity contribution in [3.05, 3.63) is 81.7 Å². The smallest absolute Gasteiger partial charge is 0.336 e. The lowest BCUT2D eigenvalue weighted by atomic mass is 10.2. The Morgan fingerprint density at radius 3 is 2.69 bits per heavy atom. The van der Waals surface area contributed by atoms with Crippen molar-refractivity contribution in [3.8, 4) is 22.4 Å². The number of hydrogen-bond acceptors (Lipinski definition) is 7. The maximum atomic E-state index is 12.6. The predicted octanol–water partition coefficient (Wildman–Crippen LogP) is 4.94. The van der Waals surface area contributed by atoms with Crippen LogP contribution in [0.2, 0.25) is 0 Å². The Hall–Kier alpha value is -4.05. The molecule has 1 N–H and O–H groups in total. The second-order valence-electron chi connectivity index (χ2n) is 7.09. The number of carbonyl (C=O) groups is 1. The summed E-state index contributed by atoms with van der Waals surface area (Å²) in [5.74, 6) is 0.171. The molecule has 162 valence electrons. The summed E-state index contributed by atoms with van der Waals surface area (Å²) in [5.41, 5.74) is 1.24. The molecule has 1 amide bonds. The van der Waals surface area contributed by atoms with E-state index in [4.69, 9.17) is 4.74 Å². The number of amides is 1.